The molecule has 122 valence electrons. The fraction of sp³-hybridized carbons (Fsp3) is 0.529. The van der Waals surface area contributed by atoms with Crippen molar-refractivity contribution in [3.63, 3.8) is 0 Å². The quantitative estimate of drug-likeness (QED) is 0.811. The Labute approximate surface area is 131 Å². The molecule has 1 atom stereocenters. The minimum Gasteiger partial charge on any atom is -0.478 e. The van der Waals surface area contributed by atoms with Gasteiger partial charge in [-0.2, -0.15) is 0 Å². The summed E-state index contributed by atoms with van der Waals surface area (Å²) in [5.74, 6) is -1.07. The van der Waals surface area contributed by atoms with E-state index in [1.165, 1.54) is 0 Å². The lowest BCUT2D eigenvalue weighted by atomic mass is 9.89. The summed E-state index contributed by atoms with van der Waals surface area (Å²) in [5, 5.41) is 12.0. The number of nitrogens with one attached hydrogen (secondary N) is 1. The highest BCUT2D eigenvalue weighted by atomic mass is 16.5. The summed E-state index contributed by atoms with van der Waals surface area (Å²) in [5.41, 5.74) is 0.863. The zero-order valence-corrected chi connectivity index (χ0v) is 13.7. The molecule has 5 nitrogen and oxygen atoms in total. The Hall–Kier alpha value is -1.88. The Morgan fingerprint density at radius 2 is 1.91 bits per heavy atom. The van der Waals surface area contributed by atoms with E-state index in [1.807, 2.05) is 0 Å². The second-order valence-corrected chi connectivity index (χ2v) is 6.36. The van der Waals surface area contributed by atoms with Gasteiger partial charge in [0.1, 0.15) is 0 Å². The number of aromatic carboxylic acids is 1. The van der Waals surface area contributed by atoms with Crippen molar-refractivity contribution in [1.82, 2.24) is 5.32 Å². The average Bonchev–Trinajstić information content (AvgIpc) is 2.44. The monoisotopic (exact) mass is 307 g/mol. The highest BCUT2D eigenvalue weighted by Gasteiger charge is 2.24. The smallest absolute Gasteiger partial charge is 0.335 e. The molecule has 0 spiro atoms. The number of amides is 1. The van der Waals surface area contributed by atoms with Crippen LogP contribution in [0.25, 0.3) is 0 Å². The van der Waals surface area contributed by atoms with E-state index >= 15 is 0 Å². The topological polar surface area (TPSA) is 75.6 Å². The molecule has 0 saturated carbocycles. The van der Waals surface area contributed by atoms with Gasteiger partial charge in [-0.15, -0.1) is 0 Å². The lowest BCUT2D eigenvalue weighted by Gasteiger charge is -2.29. The Balaban J connectivity index is 2.52. The number of hydrogen-bond donors (Lipinski definition) is 2. The van der Waals surface area contributed by atoms with Crippen LogP contribution in [0.2, 0.25) is 0 Å². The van der Waals surface area contributed by atoms with E-state index in [-0.39, 0.29) is 29.4 Å². The molecule has 1 unspecified atom stereocenters. The van der Waals surface area contributed by atoms with Crippen LogP contribution in [-0.4, -0.2) is 36.7 Å². The Kier molecular flexibility index (Phi) is 6.56. The van der Waals surface area contributed by atoms with E-state index in [4.69, 9.17) is 9.84 Å². The molecule has 0 heterocycles. The normalized spacial score (nSPS) is 12.7. The van der Waals surface area contributed by atoms with E-state index in [2.05, 4.69) is 26.1 Å². The van der Waals surface area contributed by atoms with Crippen molar-refractivity contribution >= 4 is 11.9 Å². The maximum atomic E-state index is 11.9. The first-order valence-electron chi connectivity index (χ1n) is 7.36. The van der Waals surface area contributed by atoms with E-state index in [0.29, 0.717) is 18.5 Å². The van der Waals surface area contributed by atoms with E-state index < -0.39 is 5.97 Å². The first kappa shape index (κ1) is 18.2. The van der Waals surface area contributed by atoms with Crippen LogP contribution in [0.5, 0.6) is 0 Å². The summed E-state index contributed by atoms with van der Waals surface area (Å²) in [6.07, 6.45) is 0.592. The first-order valence-corrected chi connectivity index (χ1v) is 7.36. The predicted octanol–water partition coefficient (Wildman–Crippen LogP) is 2.49. The predicted molar refractivity (Wildman–Crippen MR) is 85.0 cm³/mol. The summed E-state index contributed by atoms with van der Waals surface area (Å²) in [6.45, 7) is 6.60. The van der Waals surface area contributed by atoms with Gasteiger partial charge in [0, 0.05) is 20.1 Å². The number of hydrogen-bond acceptors (Lipinski definition) is 3. The van der Waals surface area contributed by atoms with Crippen LogP contribution in [0, 0.1) is 5.41 Å². The average molecular weight is 307 g/mol. The number of carboxylic acid groups (broad SMARTS) is 1. The van der Waals surface area contributed by atoms with Crippen molar-refractivity contribution in [3.05, 3.63) is 35.4 Å². The van der Waals surface area contributed by atoms with Crippen LogP contribution >= 0.6 is 0 Å². The molecule has 22 heavy (non-hydrogen) atoms. The first-order chi connectivity index (χ1) is 10.3. The molecule has 0 fully saturated rings. The SMILES string of the molecule is COC(CNC(=O)CCc1ccccc1C(=O)O)C(C)(C)C. The highest BCUT2D eigenvalue weighted by molar-refractivity contribution is 5.89. The molecule has 0 aromatic heterocycles. The van der Waals surface area contributed by atoms with Crippen LogP contribution in [0.1, 0.15) is 43.1 Å². The summed E-state index contributed by atoms with van der Waals surface area (Å²) in [4.78, 5) is 23.0. The van der Waals surface area contributed by atoms with Gasteiger partial charge in [0.05, 0.1) is 11.7 Å². The van der Waals surface area contributed by atoms with Gasteiger partial charge < -0.3 is 15.2 Å². The Bertz CT molecular complexity index is 520. The van der Waals surface area contributed by atoms with Crippen molar-refractivity contribution in [2.24, 2.45) is 5.41 Å². The summed E-state index contributed by atoms with van der Waals surface area (Å²) in [6, 6.07) is 6.75. The molecule has 1 rings (SSSR count). The van der Waals surface area contributed by atoms with Crippen molar-refractivity contribution in [2.45, 2.75) is 39.7 Å². The van der Waals surface area contributed by atoms with Crippen molar-refractivity contribution in [1.29, 1.82) is 0 Å². The van der Waals surface area contributed by atoms with E-state index in [1.54, 1.807) is 31.4 Å². The molecule has 0 radical (unpaired) electrons. The molecular formula is C17H25NO4. The van der Waals surface area contributed by atoms with Crippen molar-refractivity contribution in [2.75, 3.05) is 13.7 Å². The van der Waals surface area contributed by atoms with Crippen LogP contribution < -0.4 is 5.32 Å². The van der Waals surface area contributed by atoms with Gasteiger partial charge in [-0.1, -0.05) is 39.0 Å². The fourth-order valence-electron chi connectivity index (χ4n) is 2.23. The molecular weight excluding hydrogens is 282 g/mol. The molecule has 5 heteroatoms. The van der Waals surface area contributed by atoms with Crippen molar-refractivity contribution in [3.8, 4) is 0 Å². The van der Waals surface area contributed by atoms with Gasteiger partial charge in [-0.05, 0) is 23.5 Å². The standard InChI is InChI=1S/C17H25NO4/c1-17(2,3)14(22-4)11-18-15(19)10-9-12-7-5-6-8-13(12)16(20)21/h5-8,14H,9-11H2,1-4H3,(H,18,19)(H,20,21). The number of carbonyl (C=O) groups is 2. The Morgan fingerprint density at radius 3 is 2.45 bits per heavy atom. The van der Waals surface area contributed by atoms with Gasteiger partial charge in [0.2, 0.25) is 5.91 Å². The summed E-state index contributed by atoms with van der Waals surface area (Å²) in [7, 11) is 1.63. The van der Waals surface area contributed by atoms with Gasteiger partial charge in [-0.25, -0.2) is 4.79 Å². The molecule has 0 aliphatic heterocycles. The lowest BCUT2D eigenvalue weighted by Crippen LogP contribution is -2.40. The number of rotatable bonds is 7. The Morgan fingerprint density at radius 1 is 1.27 bits per heavy atom. The van der Waals surface area contributed by atoms with Crippen LogP contribution in [-0.2, 0) is 16.0 Å². The van der Waals surface area contributed by atoms with Gasteiger partial charge in [0.25, 0.3) is 0 Å². The van der Waals surface area contributed by atoms with Crippen molar-refractivity contribution < 1.29 is 19.4 Å². The summed E-state index contributed by atoms with van der Waals surface area (Å²) < 4.78 is 5.39. The molecule has 2 N–H and O–H groups in total. The zero-order chi connectivity index (χ0) is 16.8. The molecule has 0 aliphatic rings. The second kappa shape index (κ2) is 7.94. The van der Waals surface area contributed by atoms with Crippen LogP contribution in [0.15, 0.2) is 24.3 Å². The largest absolute Gasteiger partial charge is 0.478 e. The fourth-order valence-corrected chi connectivity index (χ4v) is 2.23. The third kappa shape index (κ3) is 5.48. The van der Waals surface area contributed by atoms with Gasteiger partial charge >= 0.3 is 5.97 Å². The molecule has 0 bridgehead atoms. The number of benzene rings is 1. The number of carboxylic acids is 1. The zero-order valence-electron chi connectivity index (χ0n) is 13.7. The maximum absolute atomic E-state index is 11.9. The van der Waals surface area contributed by atoms with Crippen LogP contribution in [0.3, 0.4) is 0 Å². The van der Waals surface area contributed by atoms with Crippen LogP contribution in [0.4, 0.5) is 0 Å². The third-order valence-electron chi connectivity index (χ3n) is 3.60. The molecule has 1 aromatic carbocycles. The molecule has 0 saturated heterocycles. The maximum Gasteiger partial charge on any atom is 0.335 e. The number of methoxy groups -OCH3 is 1. The minimum absolute atomic E-state index is 0.0576. The highest BCUT2D eigenvalue weighted by Crippen LogP contribution is 2.21. The van der Waals surface area contributed by atoms with E-state index in [9.17, 15) is 9.59 Å². The number of ether oxygens (including phenoxy) is 1. The van der Waals surface area contributed by atoms with Gasteiger partial charge in [0.15, 0.2) is 0 Å². The van der Waals surface area contributed by atoms with E-state index in [0.717, 1.165) is 0 Å². The third-order valence-corrected chi connectivity index (χ3v) is 3.60. The molecule has 1 amide bonds. The molecule has 0 aliphatic carbocycles. The minimum atomic E-state index is -0.969. The van der Waals surface area contributed by atoms with Gasteiger partial charge in [-0.3, -0.25) is 4.79 Å². The lowest BCUT2D eigenvalue weighted by molar-refractivity contribution is -0.122. The number of carbonyl (C=O) groups excluding carboxylic acids is 1. The molecule has 1 aromatic rings. The second-order valence-electron chi connectivity index (χ2n) is 6.36. The summed E-state index contributed by atoms with van der Waals surface area (Å²) >= 11 is 0. The number of aryl methyl sites for hydroxylation is 1.